The van der Waals surface area contributed by atoms with E-state index in [0.717, 1.165) is 0 Å². The average Bonchev–Trinajstić information content (AvgIpc) is 2.38. The molecule has 1 aliphatic rings. The Morgan fingerprint density at radius 3 is 2.45 bits per heavy atom. The van der Waals surface area contributed by atoms with Gasteiger partial charge in [0.25, 0.3) is 0 Å². The number of halogens is 2. The summed E-state index contributed by atoms with van der Waals surface area (Å²) in [7, 11) is -2.62. The molecule has 2 rings (SSSR count). The summed E-state index contributed by atoms with van der Waals surface area (Å²) in [4.78, 5) is 0. The lowest BCUT2D eigenvalue weighted by Crippen LogP contribution is -2.42. The van der Waals surface area contributed by atoms with E-state index in [0.29, 0.717) is 36.7 Å². The van der Waals surface area contributed by atoms with Crippen molar-refractivity contribution in [2.75, 3.05) is 19.7 Å². The molecular formula is C12H18ClFN2O3S. The van der Waals surface area contributed by atoms with Crippen molar-refractivity contribution in [2.24, 2.45) is 5.14 Å². The van der Waals surface area contributed by atoms with Gasteiger partial charge >= 0.3 is 0 Å². The quantitative estimate of drug-likeness (QED) is 0.732. The molecule has 0 unspecified atom stereocenters. The highest BCUT2D eigenvalue weighted by Crippen LogP contribution is 2.28. The first kappa shape index (κ1) is 17.2. The predicted octanol–water partition coefficient (Wildman–Crippen LogP) is 1.28. The number of ether oxygens (including phenoxy) is 1. The van der Waals surface area contributed by atoms with Gasteiger partial charge in [-0.25, -0.2) is 17.9 Å². The zero-order chi connectivity index (χ0) is 15.0. The predicted molar refractivity (Wildman–Crippen MR) is 77.4 cm³/mol. The lowest BCUT2D eigenvalue weighted by molar-refractivity contribution is 0.0540. The second kappa shape index (κ2) is 8.41. The molecule has 8 heteroatoms. The van der Waals surface area contributed by atoms with Crippen LogP contribution in [-0.4, -0.2) is 33.8 Å². The Bertz CT molecular complexity index is 485. The van der Waals surface area contributed by atoms with Crippen LogP contribution in [0, 0.1) is 0 Å². The monoisotopic (exact) mass is 324 g/mol. The maximum absolute atomic E-state index is 14.2. The number of benzene rings is 1. The van der Waals surface area contributed by atoms with E-state index in [1.54, 1.807) is 12.1 Å². The van der Waals surface area contributed by atoms with E-state index in [1.165, 1.54) is 0 Å². The largest absolute Gasteiger partial charge is 0.489 e. The van der Waals surface area contributed by atoms with Crippen molar-refractivity contribution < 1.29 is 17.5 Å². The first-order chi connectivity index (χ1) is 9.43. The maximum atomic E-state index is 14.2. The number of hydrogen-bond acceptors (Lipinski definition) is 4. The Morgan fingerprint density at radius 1 is 1.35 bits per heavy atom. The van der Waals surface area contributed by atoms with Gasteiger partial charge in [0.2, 0.25) is 0 Å². The molecule has 0 saturated carbocycles. The van der Waals surface area contributed by atoms with Crippen molar-refractivity contribution in [3.63, 3.8) is 0 Å². The van der Waals surface area contributed by atoms with Crippen molar-refractivity contribution in [3.8, 4) is 5.75 Å². The number of nitrogens with one attached hydrogen (secondary N) is 1. The SMILES string of the molecule is FC1(COc2ccccc2Cl)CCNCC1.N[SH](=O)=O. The lowest BCUT2D eigenvalue weighted by atomic mass is 9.95. The highest BCUT2D eigenvalue weighted by atomic mass is 35.5. The van der Waals surface area contributed by atoms with Crippen LogP contribution in [0.15, 0.2) is 24.3 Å². The smallest absolute Gasteiger partial charge is 0.198 e. The molecule has 0 aliphatic carbocycles. The number of hydrogen-bond donors (Lipinski definition) is 3. The molecule has 1 heterocycles. The highest BCUT2D eigenvalue weighted by molar-refractivity contribution is 7.69. The Morgan fingerprint density at radius 2 is 1.90 bits per heavy atom. The Balaban J connectivity index is 0.000000444. The summed E-state index contributed by atoms with van der Waals surface area (Å²) in [5.74, 6) is 0.555. The molecule has 0 bridgehead atoms. The molecular weight excluding hydrogens is 307 g/mol. The van der Waals surface area contributed by atoms with Gasteiger partial charge in [0, 0.05) is 0 Å². The third-order valence-electron chi connectivity index (χ3n) is 2.82. The van der Waals surface area contributed by atoms with Gasteiger partial charge in [0.15, 0.2) is 10.9 Å². The molecule has 114 valence electrons. The zero-order valence-electron chi connectivity index (χ0n) is 10.9. The van der Waals surface area contributed by atoms with E-state index in [-0.39, 0.29) is 6.61 Å². The fraction of sp³-hybridized carbons (Fsp3) is 0.500. The Kier molecular flexibility index (Phi) is 7.22. The van der Waals surface area contributed by atoms with Gasteiger partial charge in [-0.05, 0) is 38.1 Å². The van der Waals surface area contributed by atoms with Crippen LogP contribution >= 0.6 is 11.6 Å². The van der Waals surface area contributed by atoms with Crippen molar-refractivity contribution >= 4 is 22.5 Å². The van der Waals surface area contributed by atoms with Crippen molar-refractivity contribution in [2.45, 2.75) is 18.5 Å². The molecule has 1 aromatic rings. The molecule has 1 fully saturated rings. The minimum Gasteiger partial charge on any atom is -0.489 e. The molecule has 1 aromatic carbocycles. The fourth-order valence-electron chi connectivity index (χ4n) is 1.79. The third-order valence-corrected chi connectivity index (χ3v) is 3.13. The van der Waals surface area contributed by atoms with Gasteiger partial charge in [-0.1, -0.05) is 23.7 Å². The topological polar surface area (TPSA) is 81.4 Å². The number of para-hydroxylation sites is 1. The molecule has 0 amide bonds. The molecule has 3 N–H and O–H groups in total. The number of piperidine rings is 1. The molecule has 20 heavy (non-hydrogen) atoms. The zero-order valence-corrected chi connectivity index (χ0v) is 12.5. The maximum Gasteiger partial charge on any atom is 0.198 e. The number of nitrogens with two attached hydrogens (primary N) is 1. The summed E-state index contributed by atoms with van der Waals surface area (Å²) in [6, 6.07) is 7.15. The number of thiol groups is 1. The van der Waals surface area contributed by atoms with Crippen LogP contribution in [0.2, 0.25) is 5.02 Å². The summed E-state index contributed by atoms with van der Waals surface area (Å²) in [6.45, 7) is 1.50. The van der Waals surface area contributed by atoms with Crippen LogP contribution in [-0.2, 0) is 10.9 Å². The summed E-state index contributed by atoms with van der Waals surface area (Å²) in [6.07, 6.45) is 0.995. The van der Waals surface area contributed by atoms with E-state index >= 15 is 0 Å². The van der Waals surface area contributed by atoms with Gasteiger partial charge < -0.3 is 10.1 Å². The van der Waals surface area contributed by atoms with E-state index in [9.17, 15) is 4.39 Å². The normalized spacial score (nSPS) is 17.2. The molecule has 1 aliphatic heterocycles. The van der Waals surface area contributed by atoms with Crippen LogP contribution in [0.4, 0.5) is 4.39 Å². The number of alkyl halides is 1. The van der Waals surface area contributed by atoms with Gasteiger partial charge in [-0.3, -0.25) is 0 Å². The van der Waals surface area contributed by atoms with E-state index in [2.05, 4.69) is 10.5 Å². The van der Waals surface area contributed by atoms with Gasteiger partial charge in [-0.2, -0.15) is 0 Å². The minimum absolute atomic E-state index is 0.0818. The van der Waals surface area contributed by atoms with Crippen LogP contribution in [0.1, 0.15) is 12.8 Å². The highest BCUT2D eigenvalue weighted by Gasteiger charge is 2.32. The lowest BCUT2D eigenvalue weighted by Gasteiger charge is -2.29. The molecule has 5 nitrogen and oxygen atoms in total. The minimum atomic E-state index is -2.62. The summed E-state index contributed by atoms with van der Waals surface area (Å²) >= 11 is 5.93. The van der Waals surface area contributed by atoms with Gasteiger partial charge in [-0.15, -0.1) is 0 Å². The van der Waals surface area contributed by atoms with E-state index < -0.39 is 16.6 Å². The Labute approximate surface area is 124 Å². The van der Waals surface area contributed by atoms with Crippen LogP contribution in [0.3, 0.4) is 0 Å². The summed E-state index contributed by atoms with van der Waals surface area (Å²) in [5, 5.41) is 7.72. The molecule has 0 radical (unpaired) electrons. The summed E-state index contributed by atoms with van der Waals surface area (Å²) in [5.41, 5.74) is -1.22. The Hall–Kier alpha value is -0.890. The summed E-state index contributed by atoms with van der Waals surface area (Å²) < 4.78 is 37.3. The van der Waals surface area contributed by atoms with Crippen LogP contribution in [0.5, 0.6) is 5.75 Å². The van der Waals surface area contributed by atoms with Crippen LogP contribution in [0.25, 0.3) is 0 Å². The van der Waals surface area contributed by atoms with Crippen LogP contribution < -0.4 is 15.2 Å². The number of rotatable bonds is 3. The first-order valence-electron chi connectivity index (χ1n) is 6.09. The standard InChI is InChI=1S/C12H15ClFNO.H3NO2S/c13-10-3-1-2-4-11(10)16-9-12(14)5-7-15-8-6-12;1-4(2)3/h1-4,15H,5-9H2;4H,(H2,1,2,3). The molecule has 0 atom stereocenters. The average molecular weight is 325 g/mol. The molecule has 1 saturated heterocycles. The van der Waals surface area contributed by atoms with Crippen molar-refractivity contribution in [1.29, 1.82) is 0 Å². The van der Waals surface area contributed by atoms with E-state index in [4.69, 9.17) is 24.8 Å². The van der Waals surface area contributed by atoms with Gasteiger partial charge in [0.1, 0.15) is 18.0 Å². The first-order valence-corrected chi connectivity index (χ1v) is 7.71. The van der Waals surface area contributed by atoms with Gasteiger partial charge in [0.05, 0.1) is 5.02 Å². The second-order valence-corrected chi connectivity index (χ2v) is 5.38. The fourth-order valence-corrected chi connectivity index (χ4v) is 1.98. The molecule has 0 aromatic heterocycles. The second-order valence-electron chi connectivity index (χ2n) is 4.41. The molecule has 0 spiro atoms. The van der Waals surface area contributed by atoms with E-state index in [1.807, 2.05) is 12.1 Å². The van der Waals surface area contributed by atoms with Crippen molar-refractivity contribution in [3.05, 3.63) is 29.3 Å². The van der Waals surface area contributed by atoms with Crippen molar-refractivity contribution in [1.82, 2.24) is 5.32 Å². The third kappa shape index (κ3) is 6.51.